The highest BCUT2D eigenvalue weighted by atomic mass is 19.4. The molecule has 0 spiro atoms. The van der Waals surface area contributed by atoms with E-state index < -0.39 is 24.2 Å². The van der Waals surface area contributed by atoms with E-state index in [2.05, 4.69) is 10.1 Å². The van der Waals surface area contributed by atoms with Gasteiger partial charge >= 0.3 is 12.1 Å². The van der Waals surface area contributed by atoms with Gasteiger partial charge in [0, 0.05) is 6.42 Å². The Kier molecular flexibility index (Phi) is 4.51. The average molecular weight is 281 g/mol. The van der Waals surface area contributed by atoms with Gasteiger partial charge < -0.3 is 9.63 Å². The first-order valence-electron chi connectivity index (χ1n) is 5.57. The van der Waals surface area contributed by atoms with E-state index in [0.717, 1.165) is 6.42 Å². The Bertz CT molecular complexity index is 447. The highest BCUT2D eigenvalue weighted by molar-refractivity contribution is 5.79. The molecule has 0 amide bonds. The number of hydrogen-bond acceptors (Lipinski definition) is 5. The van der Waals surface area contributed by atoms with Crippen LogP contribution in [0.2, 0.25) is 0 Å². The molecule has 6 nitrogen and oxygen atoms in total. The van der Waals surface area contributed by atoms with Crippen molar-refractivity contribution in [2.24, 2.45) is 0 Å². The van der Waals surface area contributed by atoms with Gasteiger partial charge in [0.05, 0.1) is 6.54 Å². The van der Waals surface area contributed by atoms with E-state index in [1.165, 1.54) is 0 Å². The molecule has 1 aromatic heterocycles. The Hall–Kier alpha value is -1.64. The van der Waals surface area contributed by atoms with Gasteiger partial charge in [-0.2, -0.15) is 18.2 Å². The Morgan fingerprint density at radius 1 is 1.47 bits per heavy atom. The van der Waals surface area contributed by atoms with Crippen LogP contribution in [0.5, 0.6) is 0 Å². The highest BCUT2D eigenvalue weighted by Crippen LogP contribution is 2.30. The molecule has 1 aromatic rings. The largest absolute Gasteiger partial charge is 0.480 e. The van der Waals surface area contributed by atoms with E-state index >= 15 is 0 Å². The van der Waals surface area contributed by atoms with Gasteiger partial charge in [-0.3, -0.25) is 5.32 Å². The molecule has 1 rings (SSSR count). The summed E-state index contributed by atoms with van der Waals surface area (Å²) in [6, 6.07) is 0. The molecule has 1 atom stereocenters. The summed E-state index contributed by atoms with van der Waals surface area (Å²) in [6.07, 6.45) is -3.63. The van der Waals surface area contributed by atoms with Crippen molar-refractivity contribution in [1.29, 1.82) is 0 Å². The Labute approximate surface area is 107 Å². The van der Waals surface area contributed by atoms with Crippen LogP contribution in [0.15, 0.2) is 4.52 Å². The van der Waals surface area contributed by atoms with E-state index in [4.69, 9.17) is 9.63 Å². The number of carboxylic acid groups (broad SMARTS) is 1. The summed E-state index contributed by atoms with van der Waals surface area (Å²) in [7, 11) is 0. The predicted molar refractivity (Wildman–Crippen MR) is 57.2 cm³/mol. The van der Waals surface area contributed by atoms with Crippen LogP contribution in [0.25, 0.3) is 0 Å². The van der Waals surface area contributed by atoms with Crippen LogP contribution in [0.1, 0.15) is 32.0 Å². The van der Waals surface area contributed by atoms with Crippen LogP contribution in [0.4, 0.5) is 13.2 Å². The second-order valence-electron chi connectivity index (χ2n) is 4.14. The maximum atomic E-state index is 12.7. The molecule has 2 N–H and O–H groups in total. The van der Waals surface area contributed by atoms with Gasteiger partial charge in [-0.1, -0.05) is 12.1 Å². The number of aliphatic carboxylic acids is 1. The van der Waals surface area contributed by atoms with Crippen LogP contribution in [-0.2, 0) is 17.8 Å². The van der Waals surface area contributed by atoms with E-state index in [9.17, 15) is 18.0 Å². The Morgan fingerprint density at radius 2 is 2.11 bits per heavy atom. The molecule has 0 saturated heterocycles. The van der Waals surface area contributed by atoms with Gasteiger partial charge in [-0.05, 0) is 13.3 Å². The first-order chi connectivity index (χ1) is 8.70. The maximum absolute atomic E-state index is 12.7. The van der Waals surface area contributed by atoms with Crippen LogP contribution in [0, 0.1) is 0 Å². The highest BCUT2D eigenvalue weighted by Gasteiger charge is 2.57. The molecular formula is C10H14F3N3O3. The lowest BCUT2D eigenvalue weighted by atomic mass is 10.0. The quantitative estimate of drug-likeness (QED) is 0.821. The zero-order valence-electron chi connectivity index (χ0n) is 10.4. The normalized spacial score (nSPS) is 15.2. The second kappa shape index (κ2) is 5.55. The number of halogens is 3. The Balaban J connectivity index is 2.74. The van der Waals surface area contributed by atoms with Crippen molar-refractivity contribution >= 4 is 5.97 Å². The molecule has 0 bridgehead atoms. The first-order valence-corrected chi connectivity index (χ1v) is 5.57. The zero-order valence-corrected chi connectivity index (χ0v) is 10.4. The van der Waals surface area contributed by atoms with Crippen molar-refractivity contribution in [3.63, 3.8) is 0 Å². The van der Waals surface area contributed by atoms with Gasteiger partial charge in [0.1, 0.15) is 0 Å². The lowest BCUT2D eigenvalue weighted by Gasteiger charge is -2.27. The molecule has 0 fully saturated rings. The minimum Gasteiger partial charge on any atom is -0.480 e. The van der Waals surface area contributed by atoms with E-state index in [0.29, 0.717) is 19.2 Å². The topological polar surface area (TPSA) is 88.2 Å². The number of nitrogens with one attached hydrogen (secondary N) is 1. The fraction of sp³-hybridized carbons (Fsp3) is 0.700. The number of rotatable bonds is 6. The summed E-state index contributed by atoms with van der Waals surface area (Å²) in [4.78, 5) is 14.6. The third-order valence-corrected chi connectivity index (χ3v) is 2.57. The molecule has 0 aliphatic rings. The number of carbonyl (C=O) groups is 1. The monoisotopic (exact) mass is 281 g/mol. The fourth-order valence-electron chi connectivity index (χ4n) is 1.24. The summed E-state index contributed by atoms with van der Waals surface area (Å²) in [6.45, 7) is 1.96. The molecule has 0 aliphatic carbocycles. The van der Waals surface area contributed by atoms with Crippen molar-refractivity contribution in [2.75, 3.05) is 0 Å². The molecule has 0 aromatic carbocycles. The van der Waals surface area contributed by atoms with Crippen LogP contribution >= 0.6 is 0 Å². The minimum absolute atomic E-state index is 0.0832. The minimum atomic E-state index is -4.94. The molecule has 1 heterocycles. The first kappa shape index (κ1) is 15.4. The smallest absolute Gasteiger partial charge is 0.417 e. The average Bonchev–Trinajstić information content (AvgIpc) is 2.72. The van der Waals surface area contributed by atoms with Gasteiger partial charge in [0.15, 0.2) is 5.82 Å². The molecular weight excluding hydrogens is 267 g/mol. The number of aromatic nitrogens is 2. The molecule has 19 heavy (non-hydrogen) atoms. The summed E-state index contributed by atoms with van der Waals surface area (Å²) in [5, 5.41) is 14.1. The lowest BCUT2D eigenvalue weighted by Crippen LogP contribution is -2.59. The number of alkyl halides is 3. The van der Waals surface area contributed by atoms with E-state index in [1.54, 1.807) is 0 Å². The van der Waals surface area contributed by atoms with Crippen LogP contribution < -0.4 is 5.32 Å². The third-order valence-electron chi connectivity index (χ3n) is 2.57. The van der Waals surface area contributed by atoms with Crippen molar-refractivity contribution in [2.45, 2.75) is 44.9 Å². The van der Waals surface area contributed by atoms with Crippen LogP contribution in [0.3, 0.4) is 0 Å². The molecule has 9 heteroatoms. The summed E-state index contributed by atoms with van der Waals surface area (Å²) >= 11 is 0. The van der Waals surface area contributed by atoms with Gasteiger partial charge in [-0.25, -0.2) is 4.79 Å². The SMILES string of the molecule is CCCc1noc(CNC(C)(C(=O)O)C(F)(F)F)n1. The molecule has 1 unspecified atom stereocenters. The van der Waals surface area contributed by atoms with E-state index in [-0.39, 0.29) is 5.89 Å². The Morgan fingerprint density at radius 3 is 2.58 bits per heavy atom. The number of carboxylic acids is 1. The number of nitrogens with zero attached hydrogens (tertiary/aromatic N) is 2. The number of hydrogen-bond donors (Lipinski definition) is 2. The predicted octanol–water partition coefficient (Wildman–Crippen LogP) is 1.52. The summed E-state index contributed by atoms with van der Waals surface area (Å²) in [5.74, 6) is -1.73. The van der Waals surface area contributed by atoms with Crippen LogP contribution in [-0.4, -0.2) is 32.9 Å². The molecule has 0 saturated carbocycles. The molecule has 0 aliphatic heterocycles. The molecule has 108 valence electrons. The van der Waals surface area contributed by atoms with E-state index in [1.807, 2.05) is 12.2 Å². The second-order valence-corrected chi connectivity index (χ2v) is 4.14. The van der Waals surface area contributed by atoms with Gasteiger partial charge in [-0.15, -0.1) is 0 Å². The molecule has 0 radical (unpaired) electrons. The third kappa shape index (κ3) is 3.43. The maximum Gasteiger partial charge on any atom is 0.417 e. The van der Waals surface area contributed by atoms with Gasteiger partial charge in [0.25, 0.3) is 0 Å². The zero-order chi connectivity index (χ0) is 14.7. The standard InChI is InChI=1S/C10H14F3N3O3/c1-3-4-6-15-7(19-16-6)5-14-9(2,8(17)18)10(11,12)13/h14H,3-5H2,1-2H3,(H,17,18). The van der Waals surface area contributed by atoms with Crippen molar-refractivity contribution in [3.8, 4) is 0 Å². The van der Waals surface area contributed by atoms with Crippen molar-refractivity contribution < 1.29 is 27.6 Å². The number of aryl methyl sites for hydroxylation is 1. The van der Waals surface area contributed by atoms with Gasteiger partial charge in [0.2, 0.25) is 11.4 Å². The summed E-state index contributed by atoms with van der Waals surface area (Å²) < 4.78 is 42.7. The van der Waals surface area contributed by atoms with Crippen molar-refractivity contribution in [3.05, 3.63) is 11.7 Å². The summed E-state index contributed by atoms with van der Waals surface area (Å²) in [5.41, 5.74) is -3.06. The van der Waals surface area contributed by atoms with Crippen molar-refractivity contribution in [1.82, 2.24) is 15.5 Å². The fourth-order valence-corrected chi connectivity index (χ4v) is 1.24. The lowest BCUT2D eigenvalue weighted by molar-refractivity contribution is -0.206.